The molecule has 1 aromatic rings. The van der Waals surface area contributed by atoms with Crippen LogP contribution in [0.25, 0.3) is 0 Å². The third-order valence-electron chi connectivity index (χ3n) is 1.63. The number of halogens is 2. The first-order valence-corrected chi connectivity index (χ1v) is 5.14. The quantitative estimate of drug-likeness (QED) is 0.359. The molecule has 0 atom stereocenters. The molecule has 0 aromatic heterocycles. The Labute approximate surface area is 104 Å². The largest absolute Gasteiger partial charge is 0.465 e. The first-order valence-electron chi connectivity index (χ1n) is 3.69. The monoisotopic (exact) mass is 341 g/mol. The first kappa shape index (κ1) is 12.2. The van der Waals surface area contributed by atoms with Crippen LogP contribution in [0.4, 0.5) is 5.69 Å². The number of rotatable bonds is 2. The van der Waals surface area contributed by atoms with E-state index in [0.29, 0.717) is 3.57 Å². The Morgan fingerprint density at radius 3 is 2.67 bits per heavy atom. The van der Waals surface area contributed by atoms with Gasteiger partial charge in [0.2, 0.25) is 0 Å². The van der Waals surface area contributed by atoms with Gasteiger partial charge in [-0.3, -0.25) is 10.1 Å². The first-order chi connectivity index (χ1) is 6.97. The lowest BCUT2D eigenvalue weighted by atomic mass is 10.2. The summed E-state index contributed by atoms with van der Waals surface area (Å²) in [7, 11) is 1.18. The van der Waals surface area contributed by atoms with Crippen molar-refractivity contribution in [2.75, 3.05) is 7.11 Å². The third kappa shape index (κ3) is 2.57. The zero-order valence-corrected chi connectivity index (χ0v) is 10.4. The molecule has 0 bridgehead atoms. The van der Waals surface area contributed by atoms with E-state index >= 15 is 0 Å². The van der Waals surface area contributed by atoms with Crippen molar-refractivity contribution in [2.24, 2.45) is 0 Å². The highest BCUT2D eigenvalue weighted by molar-refractivity contribution is 14.1. The van der Waals surface area contributed by atoms with Crippen LogP contribution in [0.2, 0.25) is 5.02 Å². The van der Waals surface area contributed by atoms with Gasteiger partial charge in [-0.15, -0.1) is 0 Å². The lowest BCUT2D eigenvalue weighted by Gasteiger charge is -2.03. The lowest BCUT2D eigenvalue weighted by molar-refractivity contribution is -0.385. The Bertz CT molecular complexity index is 435. The number of hydrogen-bond donors (Lipinski definition) is 0. The van der Waals surface area contributed by atoms with E-state index < -0.39 is 10.9 Å². The predicted molar refractivity (Wildman–Crippen MR) is 62.2 cm³/mol. The van der Waals surface area contributed by atoms with Crippen LogP contribution >= 0.6 is 34.2 Å². The molecule has 0 spiro atoms. The molecule has 15 heavy (non-hydrogen) atoms. The Morgan fingerprint density at radius 1 is 1.60 bits per heavy atom. The van der Waals surface area contributed by atoms with E-state index in [2.05, 4.69) is 4.74 Å². The molecule has 0 unspecified atom stereocenters. The standard InChI is InChI=1S/C8H5ClINO4/c1-15-8(12)5-2-4(11(13)14)3-6(10)7(5)9/h2-3H,1H3. The fraction of sp³-hybridized carbons (Fsp3) is 0.125. The fourth-order valence-corrected chi connectivity index (χ4v) is 1.73. The molecule has 0 radical (unpaired) electrons. The molecular formula is C8H5ClINO4. The van der Waals surface area contributed by atoms with Crippen LogP contribution in [0.1, 0.15) is 10.4 Å². The molecule has 1 rings (SSSR count). The van der Waals surface area contributed by atoms with E-state index in [4.69, 9.17) is 11.6 Å². The van der Waals surface area contributed by atoms with Crippen LogP contribution in [0.15, 0.2) is 12.1 Å². The van der Waals surface area contributed by atoms with Crippen LogP contribution in [-0.4, -0.2) is 18.0 Å². The number of ether oxygens (including phenoxy) is 1. The maximum absolute atomic E-state index is 11.2. The minimum atomic E-state index is -0.693. The maximum Gasteiger partial charge on any atom is 0.339 e. The third-order valence-corrected chi connectivity index (χ3v) is 3.21. The summed E-state index contributed by atoms with van der Waals surface area (Å²) < 4.78 is 4.89. The van der Waals surface area contributed by atoms with Crippen molar-refractivity contribution >= 4 is 45.8 Å². The molecule has 80 valence electrons. The smallest absolute Gasteiger partial charge is 0.339 e. The van der Waals surface area contributed by atoms with Crippen LogP contribution < -0.4 is 0 Å². The molecule has 0 saturated heterocycles. The van der Waals surface area contributed by atoms with Gasteiger partial charge in [-0.05, 0) is 22.6 Å². The van der Waals surface area contributed by atoms with Gasteiger partial charge in [0, 0.05) is 15.7 Å². The van der Waals surface area contributed by atoms with Crippen LogP contribution in [0.5, 0.6) is 0 Å². The molecule has 0 aliphatic heterocycles. The number of esters is 1. The summed E-state index contributed by atoms with van der Waals surface area (Å²) in [6, 6.07) is 2.38. The summed E-state index contributed by atoms with van der Waals surface area (Å²) in [6.07, 6.45) is 0. The molecule has 0 heterocycles. The fourth-order valence-electron chi connectivity index (χ4n) is 0.939. The summed E-state index contributed by atoms with van der Waals surface area (Å²) >= 11 is 7.63. The van der Waals surface area contributed by atoms with Crippen molar-refractivity contribution in [3.05, 3.63) is 36.4 Å². The number of hydrogen-bond acceptors (Lipinski definition) is 4. The van der Waals surface area contributed by atoms with Crippen LogP contribution in [0.3, 0.4) is 0 Å². The van der Waals surface area contributed by atoms with Crippen molar-refractivity contribution in [3.63, 3.8) is 0 Å². The van der Waals surface area contributed by atoms with E-state index in [1.807, 2.05) is 22.6 Å². The average molecular weight is 341 g/mol. The number of nitro benzene ring substituents is 1. The van der Waals surface area contributed by atoms with Gasteiger partial charge in [0.05, 0.1) is 22.6 Å². The highest BCUT2D eigenvalue weighted by Crippen LogP contribution is 2.28. The summed E-state index contributed by atoms with van der Waals surface area (Å²) in [5.41, 5.74) is -0.193. The minimum Gasteiger partial charge on any atom is -0.465 e. The Hall–Kier alpha value is -0.890. The molecule has 0 fully saturated rings. The molecule has 0 aliphatic carbocycles. The van der Waals surface area contributed by atoms with Gasteiger partial charge >= 0.3 is 5.97 Å². The van der Waals surface area contributed by atoms with Gasteiger partial charge in [-0.1, -0.05) is 11.6 Å². The van der Waals surface area contributed by atoms with Crippen molar-refractivity contribution < 1.29 is 14.5 Å². The Kier molecular flexibility index (Phi) is 3.86. The molecule has 0 N–H and O–H groups in total. The average Bonchev–Trinajstić information content (AvgIpc) is 2.20. The van der Waals surface area contributed by atoms with Crippen LogP contribution in [-0.2, 0) is 4.74 Å². The van der Waals surface area contributed by atoms with Gasteiger partial charge in [-0.2, -0.15) is 0 Å². The van der Waals surface area contributed by atoms with Crippen molar-refractivity contribution in [2.45, 2.75) is 0 Å². The molecule has 0 amide bonds. The lowest BCUT2D eigenvalue weighted by Crippen LogP contribution is -2.04. The topological polar surface area (TPSA) is 69.4 Å². The van der Waals surface area contributed by atoms with Gasteiger partial charge < -0.3 is 4.74 Å². The van der Waals surface area contributed by atoms with Crippen molar-refractivity contribution in [3.8, 4) is 0 Å². The highest BCUT2D eigenvalue weighted by Gasteiger charge is 2.19. The van der Waals surface area contributed by atoms with E-state index in [1.165, 1.54) is 13.2 Å². The number of methoxy groups -OCH3 is 1. The molecule has 0 aliphatic rings. The summed E-state index contributed by atoms with van der Waals surface area (Å²) in [6.45, 7) is 0. The Balaban J connectivity index is 3.37. The minimum absolute atomic E-state index is 0.00207. The molecule has 7 heteroatoms. The summed E-state index contributed by atoms with van der Waals surface area (Å²) in [4.78, 5) is 21.2. The van der Waals surface area contributed by atoms with Gasteiger partial charge in [0.15, 0.2) is 0 Å². The summed E-state index contributed by atoms with van der Waals surface area (Å²) in [5, 5.41) is 10.7. The van der Waals surface area contributed by atoms with Crippen molar-refractivity contribution in [1.29, 1.82) is 0 Å². The second-order valence-corrected chi connectivity index (χ2v) is 4.08. The number of benzene rings is 1. The molecule has 1 aromatic carbocycles. The van der Waals surface area contributed by atoms with E-state index in [-0.39, 0.29) is 16.3 Å². The highest BCUT2D eigenvalue weighted by atomic mass is 127. The van der Waals surface area contributed by atoms with Gasteiger partial charge in [-0.25, -0.2) is 4.79 Å². The number of nitrogens with zero attached hydrogens (tertiary/aromatic N) is 1. The molecule has 5 nitrogen and oxygen atoms in total. The van der Waals surface area contributed by atoms with Gasteiger partial charge in [0.1, 0.15) is 0 Å². The number of carbonyl (C=O) groups is 1. The summed E-state index contributed by atoms with van der Waals surface area (Å²) in [5.74, 6) is -0.693. The predicted octanol–water partition coefficient (Wildman–Crippen LogP) is 2.64. The zero-order chi connectivity index (χ0) is 11.6. The van der Waals surface area contributed by atoms with E-state index in [1.54, 1.807) is 0 Å². The zero-order valence-electron chi connectivity index (χ0n) is 7.49. The van der Waals surface area contributed by atoms with E-state index in [9.17, 15) is 14.9 Å². The molecular weight excluding hydrogens is 336 g/mol. The van der Waals surface area contributed by atoms with Crippen molar-refractivity contribution in [1.82, 2.24) is 0 Å². The van der Waals surface area contributed by atoms with E-state index in [0.717, 1.165) is 6.07 Å². The normalized spacial score (nSPS) is 9.80. The molecule has 0 saturated carbocycles. The second kappa shape index (κ2) is 4.75. The SMILES string of the molecule is COC(=O)c1cc([N+](=O)[O-])cc(I)c1Cl. The van der Waals surface area contributed by atoms with Crippen LogP contribution in [0, 0.1) is 13.7 Å². The second-order valence-electron chi connectivity index (χ2n) is 2.54. The number of carbonyl (C=O) groups excluding carboxylic acids is 1. The Morgan fingerprint density at radius 2 is 2.20 bits per heavy atom. The van der Waals surface area contributed by atoms with Gasteiger partial charge in [0.25, 0.3) is 5.69 Å². The number of non-ortho nitro benzene ring substituents is 1. The number of nitro groups is 1. The maximum atomic E-state index is 11.2.